The second kappa shape index (κ2) is 9.26. The van der Waals surface area contributed by atoms with Gasteiger partial charge in [0, 0.05) is 13.2 Å². The first-order chi connectivity index (χ1) is 10.8. The van der Waals surface area contributed by atoms with E-state index >= 15 is 0 Å². The first kappa shape index (κ1) is 16.6. The molecule has 0 amide bonds. The molecule has 2 nitrogen and oxygen atoms in total. The van der Waals surface area contributed by atoms with Crippen molar-refractivity contribution in [2.24, 2.45) is 0 Å². The highest BCUT2D eigenvalue weighted by molar-refractivity contribution is 5.29. The topological polar surface area (TPSA) is 18.5 Å². The van der Waals surface area contributed by atoms with Gasteiger partial charge in [0.25, 0.3) is 0 Å². The minimum atomic E-state index is 0.514. The van der Waals surface area contributed by atoms with Gasteiger partial charge in [0.2, 0.25) is 0 Å². The van der Waals surface area contributed by atoms with Gasteiger partial charge in [0.05, 0.1) is 0 Å². The van der Waals surface area contributed by atoms with Crippen LogP contribution in [0.1, 0.15) is 43.7 Å². The first-order valence-electron chi connectivity index (χ1n) is 8.14. The molecule has 1 atom stereocenters. The summed E-state index contributed by atoms with van der Waals surface area (Å²) in [4.78, 5) is 0. The minimum Gasteiger partial charge on any atom is -0.489 e. The van der Waals surface area contributed by atoms with Gasteiger partial charge in [-0.1, -0.05) is 56.3 Å². The number of rotatable bonds is 9. The molecule has 0 bridgehead atoms. The summed E-state index contributed by atoms with van der Waals surface area (Å²) in [7, 11) is 0. The van der Waals surface area contributed by atoms with Crippen LogP contribution in [0.4, 0.5) is 0 Å². The maximum absolute atomic E-state index is 5.82. The van der Waals surface area contributed by atoms with Gasteiger partial charge in [-0.05, 0) is 42.0 Å². The fourth-order valence-electron chi connectivity index (χ4n) is 2.31. The molecule has 2 aromatic rings. The van der Waals surface area contributed by atoms with E-state index in [-0.39, 0.29) is 0 Å². The van der Waals surface area contributed by atoms with Crippen molar-refractivity contribution >= 4 is 0 Å². The maximum atomic E-state index is 5.82. The van der Waals surface area contributed by atoms with Gasteiger partial charge in [-0.25, -0.2) is 0 Å². The average Bonchev–Trinajstić information content (AvgIpc) is 2.58. The summed E-state index contributed by atoms with van der Waals surface area (Å²) >= 11 is 0. The molecule has 0 radical (unpaired) electrons. The SMILES string of the molecule is CCCOCCC(C)c1ccc(OCc2ccccc2)cc1. The predicted octanol–water partition coefficient (Wildman–Crippen LogP) is 5.19. The van der Waals surface area contributed by atoms with Crippen molar-refractivity contribution in [3.63, 3.8) is 0 Å². The van der Waals surface area contributed by atoms with Crippen molar-refractivity contribution in [3.05, 3.63) is 65.7 Å². The zero-order chi connectivity index (χ0) is 15.6. The Morgan fingerprint density at radius 1 is 0.909 bits per heavy atom. The van der Waals surface area contributed by atoms with Gasteiger partial charge in [0.15, 0.2) is 0 Å². The van der Waals surface area contributed by atoms with Crippen LogP contribution in [0, 0.1) is 0 Å². The molecule has 0 aliphatic carbocycles. The van der Waals surface area contributed by atoms with E-state index in [0.717, 1.165) is 31.8 Å². The summed E-state index contributed by atoms with van der Waals surface area (Å²) in [5.41, 5.74) is 2.53. The van der Waals surface area contributed by atoms with Crippen LogP contribution < -0.4 is 4.74 Å². The highest BCUT2D eigenvalue weighted by Crippen LogP contribution is 2.22. The Bertz CT molecular complexity index is 519. The summed E-state index contributed by atoms with van der Waals surface area (Å²) < 4.78 is 11.4. The molecule has 2 rings (SSSR count). The summed E-state index contributed by atoms with van der Waals surface area (Å²) in [6.45, 7) is 6.69. The molecule has 2 heteroatoms. The van der Waals surface area contributed by atoms with Crippen molar-refractivity contribution in [1.82, 2.24) is 0 Å². The summed E-state index contributed by atoms with van der Waals surface area (Å²) in [6, 6.07) is 18.7. The molecule has 0 saturated carbocycles. The largest absolute Gasteiger partial charge is 0.489 e. The average molecular weight is 298 g/mol. The molecule has 0 spiro atoms. The van der Waals surface area contributed by atoms with Gasteiger partial charge in [0.1, 0.15) is 12.4 Å². The van der Waals surface area contributed by atoms with Crippen LogP contribution >= 0.6 is 0 Å². The summed E-state index contributed by atoms with van der Waals surface area (Å²) in [5.74, 6) is 1.43. The highest BCUT2D eigenvalue weighted by atomic mass is 16.5. The minimum absolute atomic E-state index is 0.514. The highest BCUT2D eigenvalue weighted by Gasteiger charge is 2.06. The van der Waals surface area contributed by atoms with Gasteiger partial charge < -0.3 is 9.47 Å². The zero-order valence-corrected chi connectivity index (χ0v) is 13.6. The van der Waals surface area contributed by atoms with E-state index in [4.69, 9.17) is 9.47 Å². The smallest absolute Gasteiger partial charge is 0.119 e. The van der Waals surface area contributed by atoms with Crippen LogP contribution in [-0.4, -0.2) is 13.2 Å². The molecule has 118 valence electrons. The quantitative estimate of drug-likeness (QED) is 0.593. The summed E-state index contributed by atoms with van der Waals surface area (Å²) in [6.07, 6.45) is 2.14. The Labute approximate surface area is 134 Å². The van der Waals surface area contributed by atoms with Crippen LogP contribution in [0.5, 0.6) is 5.75 Å². The second-order valence-electron chi connectivity index (χ2n) is 5.65. The van der Waals surface area contributed by atoms with Crippen molar-refractivity contribution < 1.29 is 9.47 Å². The van der Waals surface area contributed by atoms with Crippen molar-refractivity contribution in [2.75, 3.05) is 13.2 Å². The van der Waals surface area contributed by atoms with E-state index in [1.54, 1.807) is 0 Å². The lowest BCUT2D eigenvalue weighted by atomic mass is 9.98. The zero-order valence-electron chi connectivity index (χ0n) is 13.6. The lowest BCUT2D eigenvalue weighted by Gasteiger charge is -2.13. The lowest BCUT2D eigenvalue weighted by molar-refractivity contribution is 0.128. The molecule has 0 N–H and O–H groups in total. The van der Waals surface area contributed by atoms with Gasteiger partial charge >= 0.3 is 0 Å². The van der Waals surface area contributed by atoms with Gasteiger partial charge in [-0.2, -0.15) is 0 Å². The number of benzene rings is 2. The third kappa shape index (κ3) is 5.53. The maximum Gasteiger partial charge on any atom is 0.119 e. The van der Waals surface area contributed by atoms with Gasteiger partial charge in [-0.15, -0.1) is 0 Å². The Kier molecular flexibility index (Phi) is 6.98. The van der Waals surface area contributed by atoms with Crippen LogP contribution in [0.15, 0.2) is 54.6 Å². The summed E-state index contributed by atoms with van der Waals surface area (Å²) in [5, 5.41) is 0. The molecule has 0 heterocycles. The normalized spacial score (nSPS) is 12.1. The molecule has 0 saturated heterocycles. The number of ether oxygens (including phenoxy) is 2. The molecule has 2 aromatic carbocycles. The van der Waals surface area contributed by atoms with E-state index in [2.05, 4.69) is 50.2 Å². The monoisotopic (exact) mass is 298 g/mol. The lowest BCUT2D eigenvalue weighted by Crippen LogP contribution is -2.02. The molecule has 0 aliphatic heterocycles. The van der Waals surface area contributed by atoms with Crippen molar-refractivity contribution in [3.8, 4) is 5.75 Å². The molecular weight excluding hydrogens is 272 g/mol. The van der Waals surface area contributed by atoms with E-state index in [9.17, 15) is 0 Å². The Balaban J connectivity index is 1.79. The van der Waals surface area contributed by atoms with E-state index in [0.29, 0.717) is 12.5 Å². The number of hydrogen-bond acceptors (Lipinski definition) is 2. The van der Waals surface area contributed by atoms with Gasteiger partial charge in [-0.3, -0.25) is 0 Å². The predicted molar refractivity (Wildman–Crippen MR) is 91.4 cm³/mol. The fourth-order valence-corrected chi connectivity index (χ4v) is 2.31. The first-order valence-corrected chi connectivity index (χ1v) is 8.14. The molecule has 1 unspecified atom stereocenters. The second-order valence-corrected chi connectivity index (χ2v) is 5.65. The molecular formula is C20H26O2. The molecule has 0 fully saturated rings. The molecule has 22 heavy (non-hydrogen) atoms. The van der Waals surface area contributed by atoms with Crippen LogP contribution in [0.2, 0.25) is 0 Å². The van der Waals surface area contributed by atoms with E-state index < -0.39 is 0 Å². The van der Waals surface area contributed by atoms with Crippen molar-refractivity contribution in [1.29, 1.82) is 0 Å². The fraction of sp³-hybridized carbons (Fsp3) is 0.400. The Morgan fingerprint density at radius 2 is 1.64 bits per heavy atom. The van der Waals surface area contributed by atoms with Crippen LogP contribution in [-0.2, 0) is 11.3 Å². The van der Waals surface area contributed by atoms with Crippen LogP contribution in [0.3, 0.4) is 0 Å². The van der Waals surface area contributed by atoms with Crippen molar-refractivity contribution in [2.45, 2.75) is 39.2 Å². The Hall–Kier alpha value is -1.80. The standard InChI is InChI=1S/C20H26O2/c1-3-14-21-15-13-17(2)19-9-11-20(12-10-19)22-16-18-7-5-4-6-8-18/h4-12,17H,3,13-16H2,1-2H3. The van der Waals surface area contributed by atoms with Crippen LogP contribution in [0.25, 0.3) is 0 Å². The third-order valence-corrected chi connectivity index (χ3v) is 3.74. The van der Waals surface area contributed by atoms with E-state index in [1.165, 1.54) is 11.1 Å². The molecule has 0 aliphatic rings. The van der Waals surface area contributed by atoms with E-state index in [1.807, 2.05) is 18.2 Å². The third-order valence-electron chi connectivity index (χ3n) is 3.74. The molecule has 0 aromatic heterocycles. The Morgan fingerprint density at radius 3 is 2.32 bits per heavy atom. The number of hydrogen-bond donors (Lipinski definition) is 0.